The maximum atomic E-state index is 13.1. The molecule has 3 aromatic rings. The van der Waals surface area contributed by atoms with Crippen LogP contribution in [0, 0.1) is 5.92 Å². The Morgan fingerprint density at radius 2 is 1.93 bits per heavy atom. The van der Waals surface area contributed by atoms with Crippen LogP contribution < -0.4 is 0 Å². The fourth-order valence-electron chi connectivity index (χ4n) is 4.37. The Bertz CT molecular complexity index is 945. The molecule has 144 valence electrons. The molecule has 0 radical (unpaired) electrons. The zero-order chi connectivity index (χ0) is 18.9. The van der Waals surface area contributed by atoms with Crippen molar-refractivity contribution in [1.29, 1.82) is 0 Å². The highest BCUT2D eigenvalue weighted by Gasteiger charge is 2.32. The van der Waals surface area contributed by atoms with Crippen molar-refractivity contribution in [1.82, 2.24) is 25.1 Å². The van der Waals surface area contributed by atoms with E-state index in [0.717, 1.165) is 61.5 Å². The van der Waals surface area contributed by atoms with Gasteiger partial charge in [-0.3, -0.25) is 14.9 Å². The Balaban J connectivity index is 1.24. The van der Waals surface area contributed by atoms with Crippen molar-refractivity contribution < 1.29 is 4.79 Å². The van der Waals surface area contributed by atoms with Crippen LogP contribution in [0.25, 0.3) is 10.6 Å². The predicted molar refractivity (Wildman–Crippen MR) is 108 cm³/mol. The summed E-state index contributed by atoms with van der Waals surface area (Å²) in [6.07, 6.45) is 10.1. The molecule has 1 N–H and O–H groups in total. The molecule has 0 aromatic carbocycles. The zero-order valence-electron chi connectivity index (χ0n) is 15.7. The van der Waals surface area contributed by atoms with E-state index >= 15 is 0 Å². The van der Waals surface area contributed by atoms with Gasteiger partial charge in [-0.1, -0.05) is 0 Å². The SMILES string of the molecule is O=C(C1CCc2sc(-c3ccncc3)nc2C1)N1CCC(c2ccn[nH]2)CC1. The van der Waals surface area contributed by atoms with Crippen LogP contribution in [-0.4, -0.2) is 44.1 Å². The third-order valence-corrected chi connectivity index (χ3v) is 7.19. The largest absolute Gasteiger partial charge is 0.342 e. The number of hydrogen-bond acceptors (Lipinski definition) is 5. The van der Waals surface area contributed by atoms with E-state index in [0.29, 0.717) is 11.8 Å². The van der Waals surface area contributed by atoms with E-state index in [-0.39, 0.29) is 5.92 Å². The number of carbonyl (C=O) groups excluding carboxylic acids is 1. The number of fused-ring (bicyclic) bond motifs is 1. The topological polar surface area (TPSA) is 74.8 Å². The van der Waals surface area contributed by atoms with Gasteiger partial charge in [-0.15, -0.1) is 11.3 Å². The Morgan fingerprint density at radius 1 is 1.11 bits per heavy atom. The molecule has 1 amide bonds. The summed E-state index contributed by atoms with van der Waals surface area (Å²) in [5.74, 6) is 0.877. The van der Waals surface area contributed by atoms with E-state index < -0.39 is 0 Å². The highest BCUT2D eigenvalue weighted by molar-refractivity contribution is 7.15. The zero-order valence-corrected chi connectivity index (χ0v) is 16.5. The summed E-state index contributed by atoms with van der Waals surface area (Å²) in [6.45, 7) is 1.68. The number of nitrogens with zero attached hydrogens (tertiary/aromatic N) is 4. The first-order valence-corrected chi connectivity index (χ1v) is 10.8. The van der Waals surface area contributed by atoms with Crippen molar-refractivity contribution in [3.8, 4) is 10.6 Å². The van der Waals surface area contributed by atoms with Crippen molar-refractivity contribution in [3.63, 3.8) is 0 Å². The van der Waals surface area contributed by atoms with E-state index in [1.807, 2.05) is 18.2 Å². The first-order valence-electron chi connectivity index (χ1n) is 9.95. The molecule has 0 spiro atoms. The van der Waals surface area contributed by atoms with Crippen molar-refractivity contribution in [2.75, 3.05) is 13.1 Å². The number of aryl methyl sites for hydroxylation is 1. The number of hydrogen-bond donors (Lipinski definition) is 1. The van der Waals surface area contributed by atoms with Crippen molar-refractivity contribution in [2.45, 2.75) is 38.0 Å². The molecule has 0 saturated carbocycles. The summed E-state index contributed by atoms with van der Waals surface area (Å²) in [4.78, 5) is 25.5. The molecule has 1 aliphatic carbocycles. The summed E-state index contributed by atoms with van der Waals surface area (Å²) < 4.78 is 0. The highest BCUT2D eigenvalue weighted by atomic mass is 32.1. The first-order chi connectivity index (χ1) is 13.8. The van der Waals surface area contributed by atoms with Gasteiger partial charge in [0.2, 0.25) is 5.91 Å². The van der Waals surface area contributed by atoms with Gasteiger partial charge in [0, 0.05) is 66.1 Å². The number of carbonyl (C=O) groups is 1. The Labute approximate surface area is 168 Å². The molecule has 7 heteroatoms. The monoisotopic (exact) mass is 393 g/mol. The quantitative estimate of drug-likeness (QED) is 0.740. The fraction of sp³-hybridized carbons (Fsp3) is 0.429. The smallest absolute Gasteiger partial charge is 0.226 e. The molecule has 0 bridgehead atoms. The fourth-order valence-corrected chi connectivity index (χ4v) is 5.48. The molecule has 3 aromatic heterocycles. The molecular formula is C21H23N5OS. The third-order valence-electron chi connectivity index (χ3n) is 5.98. The maximum Gasteiger partial charge on any atom is 0.226 e. The molecule has 28 heavy (non-hydrogen) atoms. The molecular weight excluding hydrogens is 370 g/mol. The lowest BCUT2D eigenvalue weighted by Gasteiger charge is -2.34. The molecule has 1 aliphatic heterocycles. The van der Waals surface area contributed by atoms with Crippen LogP contribution in [0.5, 0.6) is 0 Å². The van der Waals surface area contributed by atoms with Gasteiger partial charge < -0.3 is 4.90 Å². The van der Waals surface area contributed by atoms with Gasteiger partial charge in [-0.25, -0.2) is 4.98 Å². The lowest BCUT2D eigenvalue weighted by molar-refractivity contribution is -0.137. The number of aromatic amines is 1. The molecule has 1 unspecified atom stereocenters. The number of H-pyrrole nitrogens is 1. The van der Waals surface area contributed by atoms with Gasteiger partial charge in [0.05, 0.1) is 5.69 Å². The Morgan fingerprint density at radius 3 is 2.68 bits per heavy atom. The van der Waals surface area contributed by atoms with E-state index in [9.17, 15) is 4.79 Å². The van der Waals surface area contributed by atoms with E-state index in [1.165, 1.54) is 10.6 Å². The standard InChI is InChI=1S/C21H23N5OS/c27-21(26-11-6-14(7-12-26)17-5-10-23-25-17)16-1-2-19-18(13-16)24-20(28-19)15-3-8-22-9-4-15/h3-5,8-10,14,16H,1-2,6-7,11-13H2,(H,23,25). The number of thiazole rings is 1. The van der Waals surface area contributed by atoms with Crippen LogP contribution in [0.2, 0.25) is 0 Å². The second-order valence-electron chi connectivity index (χ2n) is 7.68. The lowest BCUT2D eigenvalue weighted by atomic mass is 9.88. The number of aromatic nitrogens is 4. The molecule has 1 saturated heterocycles. The maximum absolute atomic E-state index is 13.1. The first kappa shape index (κ1) is 17.6. The molecule has 1 fully saturated rings. The average Bonchev–Trinajstić information content (AvgIpc) is 3.43. The van der Waals surface area contributed by atoms with E-state index in [1.54, 1.807) is 29.9 Å². The molecule has 4 heterocycles. The van der Waals surface area contributed by atoms with Crippen molar-refractivity contribution >= 4 is 17.2 Å². The Kier molecular flexibility index (Phi) is 4.68. The molecule has 1 atom stereocenters. The minimum Gasteiger partial charge on any atom is -0.342 e. The second-order valence-corrected chi connectivity index (χ2v) is 8.76. The average molecular weight is 394 g/mol. The van der Waals surface area contributed by atoms with Crippen molar-refractivity contribution in [3.05, 3.63) is 53.1 Å². The van der Waals surface area contributed by atoms with Gasteiger partial charge in [0.25, 0.3) is 0 Å². The highest BCUT2D eigenvalue weighted by Crippen LogP contribution is 2.35. The van der Waals surface area contributed by atoms with Gasteiger partial charge in [-0.2, -0.15) is 5.10 Å². The normalized spacial score (nSPS) is 20.1. The minimum atomic E-state index is 0.0728. The number of amides is 1. The predicted octanol–water partition coefficient (Wildman–Crippen LogP) is 3.44. The van der Waals surface area contributed by atoms with Gasteiger partial charge in [-0.05, 0) is 43.9 Å². The number of piperidine rings is 1. The van der Waals surface area contributed by atoms with Gasteiger partial charge in [0.15, 0.2) is 0 Å². The van der Waals surface area contributed by atoms with Crippen LogP contribution in [0.15, 0.2) is 36.8 Å². The third kappa shape index (κ3) is 3.35. The second kappa shape index (κ2) is 7.47. The summed E-state index contributed by atoms with van der Waals surface area (Å²) in [6, 6.07) is 6.04. The van der Waals surface area contributed by atoms with Gasteiger partial charge in [0.1, 0.15) is 5.01 Å². The molecule has 6 nitrogen and oxygen atoms in total. The van der Waals surface area contributed by atoms with Crippen LogP contribution in [0.3, 0.4) is 0 Å². The van der Waals surface area contributed by atoms with Gasteiger partial charge >= 0.3 is 0 Å². The lowest BCUT2D eigenvalue weighted by Crippen LogP contribution is -2.42. The molecule has 2 aliphatic rings. The summed E-state index contributed by atoms with van der Waals surface area (Å²) in [7, 11) is 0. The number of nitrogens with one attached hydrogen (secondary N) is 1. The van der Waals surface area contributed by atoms with E-state index in [4.69, 9.17) is 4.98 Å². The number of rotatable bonds is 3. The summed E-state index contributed by atoms with van der Waals surface area (Å²) >= 11 is 1.76. The van der Waals surface area contributed by atoms with Crippen LogP contribution in [0.4, 0.5) is 0 Å². The van der Waals surface area contributed by atoms with Crippen LogP contribution >= 0.6 is 11.3 Å². The number of pyridine rings is 1. The summed E-state index contributed by atoms with van der Waals surface area (Å²) in [5.41, 5.74) is 3.42. The Hall–Kier alpha value is -2.54. The van der Waals surface area contributed by atoms with E-state index in [2.05, 4.69) is 20.1 Å². The number of likely N-dealkylation sites (tertiary alicyclic amines) is 1. The van der Waals surface area contributed by atoms with Crippen LogP contribution in [0.1, 0.15) is 41.4 Å². The van der Waals surface area contributed by atoms with Crippen molar-refractivity contribution in [2.24, 2.45) is 5.92 Å². The summed E-state index contributed by atoms with van der Waals surface area (Å²) in [5, 5.41) is 8.17. The minimum absolute atomic E-state index is 0.0728. The molecule has 5 rings (SSSR count). The van der Waals surface area contributed by atoms with Crippen LogP contribution in [-0.2, 0) is 17.6 Å².